The lowest BCUT2D eigenvalue weighted by atomic mass is 10.1. The molecular weight excluding hydrogens is 348 g/mol. The highest BCUT2D eigenvalue weighted by atomic mass is 16.5. The van der Waals surface area contributed by atoms with Crippen LogP contribution in [0, 0.1) is 0 Å². The molecule has 8 nitrogen and oxygen atoms in total. The van der Waals surface area contributed by atoms with Gasteiger partial charge in [-0.25, -0.2) is 4.68 Å². The van der Waals surface area contributed by atoms with Crippen molar-refractivity contribution in [2.45, 2.75) is 13.1 Å². The predicted octanol–water partition coefficient (Wildman–Crippen LogP) is 0.820. The third-order valence-corrected chi connectivity index (χ3v) is 4.04. The summed E-state index contributed by atoms with van der Waals surface area (Å²) in [6.45, 7) is -0.0338. The Bertz CT molecular complexity index is 1060. The Labute approximate surface area is 154 Å². The number of nitrogens with zero attached hydrogens (tertiary/aromatic N) is 2. The minimum absolute atomic E-state index is 0.0480. The first-order valence-corrected chi connectivity index (χ1v) is 8.19. The summed E-state index contributed by atoms with van der Waals surface area (Å²) in [5.74, 6) is -0.458. The van der Waals surface area contributed by atoms with Crippen LogP contribution in [0.5, 0.6) is 5.75 Å². The number of fused-ring (bicyclic) bond motifs is 1. The molecule has 3 N–H and O–H groups in total. The largest absolute Gasteiger partial charge is 0.497 e. The Morgan fingerprint density at radius 1 is 1.11 bits per heavy atom. The van der Waals surface area contributed by atoms with Gasteiger partial charge in [-0.2, -0.15) is 5.10 Å². The molecule has 27 heavy (non-hydrogen) atoms. The number of hydrogen-bond acceptors (Lipinski definition) is 5. The standard InChI is InChI=1S/C19H18N4O4/c1-27-13-8-6-12(7-9-13)10-21-16(24)11-23-19(26)15-5-3-2-4-14(15)17(22-23)18(20)25/h2-9H,10-11H2,1H3,(H2,20,25)(H,21,24). The van der Waals surface area contributed by atoms with Crippen LogP contribution < -0.4 is 21.3 Å². The van der Waals surface area contributed by atoms with Gasteiger partial charge in [-0.1, -0.05) is 30.3 Å². The average Bonchev–Trinajstić information content (AvgIpc) is 2.68. The molecular formula is C19H18N4O4. The van der Waals surface area contributed by atoms with Crippen LogP contribution in [0.15, 0.2) is 53.3 Å². The van der Waals surface area contributed by atoms with Gasteiger partial charge in [-0.15, -0.1) is 0 Å². The Balaban J connectivity index is 1.79. The minimum atomic E-state index is -0.765. The van der Waals surface area contributed by atoms with Crippen molar-refractivity contribution in [1.29, 1.82) is 0 Å². The molecule has 1 aromatic heterocycles. The fourth-order valence-electron chi connectivity index (χ4n) is 2.66. The van der Waals surface area contributed by atoms with E-state index in [2.05, 4.69) is 10.4 Å². The van der Waals surface area contributed by atoms with Crippen LogP contribution in [0.2, 0.25) is 0 Å². The van der Waals surface area contributed by atoms with Gasteiger partial charge in [0, 0.05) is 11.9 Å². The number of nitrogens with two attached hydrogens (primary N) is 1. The second kappa shape index (κ2) is 7.69. The lowest BCUT2D eigenvalue weighted by molar-refractivity contribution is -0.122. The van der Waals surface area contributed by atoms with Gasteiger partial charge in [-0.05, 0) is 23.8 Å². The van der Waals surface area contributed by atoms with Gasteiger partial charge >= 0.3 is 0 Å². The molecule has 1 heterocycles. The second-order valence-electron chi connectivity index (χ2n) is 5.85. The normalized spacial score (nSPS) is 10.6. The lowest BCUT2D eigenvalue weighted by Crippen LogP contribution is -2.35. The molecule has 3 aromatic rings. The van der Waals surface area contributed by atoms with E-state index in [-0.39, 0.29) is 24.2 Å². The number of aromatic nitrogens is 2. The number of hydrogen-bond donors (Lipinski definition) is 2. The number of primary amides is 1. The fourth-order valence-corrected chi connectivity index (χ4v) is 2.66. The maximum Gasteiger partial charge on any atom is 0.275 e. The summed E-state index contributed by atoms with van der Waals surface area (Å²) in [6.07, 6.45) is 0. The van der Waals surface area contributed by atoms with Gasteiger partial charge in [0.15, 0.2) is 5.69 Å². The van der Waals surface area contributed by atoms with Crippen LogP contribution in [-0.4, -0.2) is 28.7 Å². The van der Waals surface area contributed by atoms with Crippen LogP contribution in [0.1, 0.15) is 16.1 Å². The maximum atomic E-state index is 12.5. The van der Waals surface area contributed by atoms with Crippen molar-refractivity contribution in [3.63, 3.8) is 0 Å². The fraction of sp³-hybridized carbons (Fsp3) is 0.158. The third kappa shape index (κ3) is 3.95. The van der Waals surface area contributed by atoms with Gasteiger partial charge in [-0.3, -0.25) is 14.4 Å². The molecule has 0 spiro atoms. The number of amides is 2. The Kier molecular flexibility index (Phi) is 5.16. The summed E-state index contributed by atoms with van der Waals surface area (Å²) in [5, 5.41) is 7.33. The zero-order valence-electron chi connectivity index (χ0n) is 14.6. The number of methoxy groups -OCH3 is 1. The molecule has 138 valence electrons. The summed E-state index contributed by atoms with van der Waals surface area (Å²) in [7, 11) is 1.57. The van der Waals surface area contributed by atoms with Crippen molar-refractivity contribution in [3.05, 3.63) is 70.1 Å². The molecule has 2 amide bonds. The number of nitrogens with one attached hydrogen (secondary N) is 1. The van der Waals surface area contributed by atoms with E-state index in [1.54, 1.807) is 43.5 Å². The van der Waals surface area contributed by atoms with E-state index in [9.17, 15) is 14.4 Å². The van der Waals surface area contributed by atoms with Crippen LogP contribution >= 0.6 is 0 Å². The van der Waals surface area contributed by atoms with Crippen molar-refractivity contribution in [2.24, 2.45) is 5.73 Å². The molecule has 0 saturated heterocycles. The van der Waals surface area contributed by atoms with Crippen LogP contribution in [0.25, 0.3) is 10.8 Å². The first-order valence-electron chi connectivity index (χ1n) is 8.19. The van der Waals surface area contributed by atoms with Crippen molar-refractivity contribution >= 4 is 22.6 Å². The topological polar surface area (TPSA) is 116 Å². The highest BCUT2D eigenvalue weighted by Gasteiger charge is 2.15. The van der Waals surface area contributed by atoms with Crippen LogP contribution in [0.3, 0.4) is 0 Å². The predicted molar refractivity (Wildman–Crippen MR) is 99.4 cm³/mol. The quantitative estimate of drug-likeness (QED) is 0.670. The van der Waals surface area contributed by atoms with E-state index >= 15 is 0 Å². The Morgan fingerprint density at radius 3 is 2.41 bits per heavy atom. The molecule has 8 heteroatoms. The number of carbonyl (C=O) groups is 2. The highest BCUT2D eigenvalue weighted by Crippen LogP contribution is 2.13. The molecule has 0 bridgehead atoms. The number of benzene rings is 2. The molecule has 0 unspecified atom stereocenters. The highest BCUT2D eigenvalue weighted by molar-refractivity contribution is 6.04. The molecule has 0 atom stereocenters. The first kappa shape index (κ1) is 18.1. The molecule has 0 fully saturated rings. The lowest BCUT2D eigenvalue weighted by Gasteiger charge is -2.10. The molecule has 0 saturated carbocycles. The summed E-state index contributed by atoms with van der Waals surface area (Å²) in [6, 6.07) is 13.7. The van der Waals surface area contributed by atoms with E-state index < -0.39 is 17.4 Å². The van der Waals surface area contributed by atoms with Gasteiger partial charge in [0.05, 0.1) is 12.5 Å². The zero-order chi connectivity index (χ0) is 19.4. The second-order valence-corrected chi connectivity index (χ2v) is 5.85. The molecule has 0 aliphatic heterocycles. The Morgan fingerprint density at radius 2 is 1.78 bits per heavy atom. The van der Waals surface area contributed by atoms with Crippen molar-refractivity contribution in [2.75, 3.05) is 7.11 Å². The van der Waals surface area contributed by atoms with Crippen molar-refractivity contribution in [3.8, 4) is 5.75 Å². The number of rotatable bonds is 6. The SMILES string of the molecule is COc1ccc(CNC(=O)Cn2nc(C(N)=O)c3ccccc3c2=O)cc1. The van der Waals surface area contributed by atoms with Crippen molar-refractivity contribution < 1.29 is 14.3 Å². The smallest absolute Gasteiger partial charge is 0.275 e. The summed E-state index contributed by atoms with van der Waals surface area (Å²) < 4.78 is 6.03. The molecule has 0 aliphatic rings. The summed E-state index contributed by atoms with van der Waals surface area (Å²) in [4.78, 5) is 36.4. The van der Waals surface area contributed by atoms with Crippen molar-refractivity contribution in [1.82, 2.24) is 15.1 Å². The van der Waals surface area contributed by atoms with Crippen LogP contribution in [0.4, 0.5) is 0 Å². The molecule has 3 rings (SSSR count). The maximum absolute atomic E-state index is 12.5. The minimum Gasteiger partial charge on any atom is -0.497 e. The van der Waals surface area contributed by atoms with E-state index in [1.165, 1.54) is 0 Å². The van der Waals surface area contributed by atoms with Gasteiger partial charge in [0.1, 0.15) is 12.3 Å². The van der Waals surface area contributed by atoms with Gasteiger partial charge < -0.3 is 15.8 Å². The Hall–Kier alpha value is -3.68. The van der Waals surface area contributed by atoms with Gasteiger partial charge in [0.2, 0.25) is 5.91 Å². The third-order valence-electron chi connectivity index (χ3n) is 4.04. The van der Waals surface area contributed by atoms with E-state index in [0.717, 1.165) is 16.0 Å². The first-order chi connectivity index (χ1) is 13.0. The number of ether oxygens (including phenoxy) is 1. The average molecular weight is 366 g/mol. The number of carbonyl (C=O) groups excluding carboxylic acids is 2. The monoisotopic (exact) mass is 366 g/mol. The molecule has 2 aromatic carbocycles. The van der Waals surface area contributed by atoms with Gasteiger partial charge in [0.25, 0.3) is 11.5 Å². The molecule has 0 radical (unpaired) electrons. The van der Waals surface area contributed by atoms with E-state index in [4.69, 9.17) is 10.5 Å². The molecule has 0 aliphatic carbocycles. The van der Waals surface area contributed by atoms with E-state index in [0.29, 0.717) is 5.39 Å². The zero-order valence-corrected chi connectivity index (χ0v) is 14.6. The van der Waals surface area contributed by atoms with E-state index in [1.807, 2.05) is 12.1 Å². The summed E-state index contributed by atoms with van der Waals surface area (Å²) >= 11 is 0. The summed E-state index contributed by atoms with van der Waals surface area (Å²) in [5.41, 5.74) is 5.73. The van der Waals surface area contributed by atoms with Crippen LogP contribution in [-0.2, 0) is 17.9 Å².